The normalized spacial score (nSPS) is 28.5. The van der Waals surface area contributed by atoms with Gasteiger partial charge in [-0.1, -0.05) is 32.9 Å². The molecule has 1 aliphatic heterocycles. The third kappa shape index (κ3) is 4.99. The number of ether oxygens (including phenoxy) is 1. The monoisotopic (exact) mass is 329 g/mol. The molecule has 0 radical (unpaired) electrons. The van der Waals surface area contributed by atoms with Gasteiger partial charge < -0.3 is 10.1 Å². The van der Waals surface area contributed by atoms with Crippen molar-refractivity contribution >= 4 is 0 Å². The third-order valence-corrected chi connectivity index (χ3v) is 6.05. The maximum absolute atomic E-state index is 6.25. The van der Waals surface area contributed by atoms with Crippen molar-refractivity contribution in [3.8, 4) is 5.75 Å². The molecule has 1 aromatic carbocycles. The van der Waals surface area contributed by atoms with Crippen molar-refractivity contribution < 1.29 is 4.74 Å². The fourth-order valence-electron chi connectivity index (χ4n) is 4.37. The molecule has 1 unspecified atom stereocenters. The van der Waals surface area contributed by atoms with Crippen molar-refractivity contribution in [2.45, 2.75) is 71.8 Å². The van der Waals surface area contributed by atoms with E-state index in [1.54, 1.807) is 0 Å². The summed E-state index contributed by atoms with van der Waals surface area (Å²) in [6, 6.07) is 8.90. The molecule has 0 aromatic heterocycles. The molecule has 0 amide bonds. The van der Waals surface area contributed by atoms with Gasteiger partial charge in [-0.2, -0.15) is 0 Å². The molecule has 2 nitrogen and oxygen atoms in total. The first-order chi connectivity index (χ1) is 11.5. The van der Waals surface area contributed by atoms with Crippen molar-refractivity contribution in [2.75, 3.05) is 13.1 Å². The zero-order chi connectivity index (χ0) is 17.0. The molecular weight excluding hydrogens is 294 g/mol. The van der Waals surface area contributed by atoms with Crippen LogP contribution in [0.25, 0.3) is 0 Å². The predicted molar refractivity (Wildman–Crippen MR) is 102 cm³/mol. The van der Waals surface area contributed by atoms with Crippen LogP contribution in [0.5, 0.6) is 5.75 Å². The summed E-state index contributed by atoms with van der Waals surface area (Å²) in [5.41, 5.74) is 1.90. The molecule has 1 aliphatic carbocycles. The Morgan fingerprint density at radius 2 is 1.71 bits per heavy atom. The topological polar surface area (TPSA) is 21.3 Å². The summed E-state index contributed by atoms with van der Waals surface area (Å²) in [5.74, 6) is 2.71. The summed E-state index contributed by atoms with van der Waals surface area (Å²) in [6.45, 7) is 9.49. The van der Waals surface area contributed by atoms with Gasteiger partial charge in [0.05, 0.1) is 6.10 Å². The van der Waals surface area contributed by atoms with Crippen LogP contribution in [0.1, 0.15) is 64.9 Å². The molecule has 2 aliphatic rings. The SMILES string of the molecule is CC(C)(C)C1CCC(Oc2ccc(CC3CCCNC3)cc2)CC1. The van der Waals surface area contributed by atoms with Crippen LogP contribution >= 0.6 is 0 Å². The molecule has 0 bridgehead atoms. The molecule has 1 heterocycles. The Labute approximate surface area is 148 Å². The average Bonchev–Trinajstić information content (AvgIpc) is 2.57. The Morgan fingerprint density at radius 3 is 2.29 bits per heavy atom. The number of nitrogens with one attached hydrogen (secondary N) is 1. The fourth-order valence-corrected chi connectivity index (χ4v) is 4.37. The average molecular weight is 330 g/mol. The second kappa shape index (κ2) is 7.91. The maximum Gasteiger partial charge on any atom is 0.119 e. The van der Waals surface area contributed by atoms with Crippen molar-refractivity contribution in [1.82, 2.24) is 5.32 Å². The van der Waals surface area contributed by atoms with E-state index in [-0.39, 0.29) is 0 Å². The van der Waals surface area contributed by atoms with Crippen molar-refractivity contribution in [2.24, 2.45) is 17.3 Å². The minimum absolute atomic E-state index is 0.414. The zero-order valence-electron chi connectivity index (χ0n) is 15.8. The fraction of sp³-hybridized carbons (Fsp3) is 0.727. The van der Waals surface area contributed by atoms with Crippen molar-refractivity contribution in [3.05, 3.63) is 29.8 Å². The lowest BCUT2D eigenvalue weighted by molar-refractivity contribution is 0.0882. The molecule has 1 N–H and O–H groups in total. The maximum atomic E-state index is 6.25. The molecule has 1 aromatic rings. The van der Waals surface area contributed by atoms with Gasteiger partial charge in [-0.25, -0.2) is 0 Å². The number of benzene rings is 1. The first kappa shape index (κ1) is 17.8. The van der Waals surface area contributed by atoms with E-state index in [9.17, 15) is 0 Å². The highest BCUT2D eigenvalue weighted by Crippen LogP contribution is 2.38. The second-order valence-corrected chi connectivity index (χ2v) is 9.02. The Bertz CT molecular complexity index is 488. The summed E-state index contributed by atoms with van der Waals surface area (Å²) in [6.07, 6.45) is 9.32. The van der Waals surface area contributed by atoms with Crippen LogP contribution in [0, 0.1) is 17.3 Å². The van der Waals surface area contributed by atoms with Gasteiger partial charge in [0.25, 0.3) is 0 Å². The van der Waals surface area contributed by atoms with E-state index < -0.39 is 0 Å². The molecular formula is C22H35NO. The van der Waals surface area contributed by atoms with E-state index in [0.717, 1.165) is 17.6 Å². The lowest BCUT2D eigenvalue weighted by atomic mass is 9.72. The molecule has 3 rings (SSSR count). The van der Waals surface area contributed by atoms with Crippen LogP contribution in [0.3, 0.4) is 0 Å². The molecule has 2 heteroatoms. The molecule has 1 atom stereocenters. The van der Waals surface area contributed by atoms with Gasteiger partial charge in [0.1, 0.15) is 5.75 Å². The van der Waals surface area contributed by atoms with Crippen LogP contribution in [-0.4, -0.2) is 19.2 Å². The molecule has 1 saturated heterocycles. The molecule has 1 saturated carbocycles. The van der Waals surface area contributed by atoms with Crippen LogP contribution in [0.2, 0.25) is 0 Å². The predicted octanol–water partition coefficient (Wildman–Crippen LogP) is 5.21. The summed E-state index contributed by atoms with van der Waals surface area (Å²) >= 11 is 0. The van der Waals surface area contributed by atoms with Gasteiger partial charge in [0.2, 0.25) is 0 Å². The summed E-state index contributed by atoms with van der Waals surface area (Å²) in [4.78, 5) is 0. The highest BCUT2D eigenvalue weighted by molar-refractivity contribution is 5.28. The van der Waals surface area contributed by atoms with Gasteiger partial charge in [0, 0.05) is 0 Å². The van der Waals surface area contributed by atoms with E-state index in [0.29, 0.717) is 11.5 Å². The molecule has 0 spiro atoms. The Kier molecular flexibility index (Phi) is 5.86. The third-order valence-electron chi connectivity index (χ3n) is 6.05. The van der Waals surface area contributed by atoms with E-state index >= 15 is 0 Å². The molecule has 134 valence electrons. The van der Waals surface area contributed by atoms with E-state index in [2.05, 4.69) is 50.4 Å². The summed E-state index contributed by atoms with van der Waals surface area (Å²) in [7, 11) is 0. The minimum atomic E-state index is 0.414. The van der Waals surface area contributed by atoms with Gasteiger partial charge in [-0.15, -0.1) is 0 Å². The minimum Gasteiger partial charge on any atom is -0.490 e. The second-order valence-electron chi connectivity index (χ2n) is 9.02. The van der Waals surface area contributed by atoms with Crippen LogP contribution < -0.4 is 10.1 Å². The van der Waals surface area contributed by atoms with E-state index in [1.807, 2.05) is 0 Å². The smallest absolute Gasteiger partial charge is 0.119 e. The summed E-state index contributed by atoms with van der Waals surface area (Å²) < 4.78 is 6.25. The lowest BCUT2D eigenvalue weighted by Gasteiger charge is -2.37. The van der Waals surface area contributed by atoms with E-state index in [4.69, 9.17) is 4.74 Å². The highest BCUT2D eigenvalue weighted by atomic mass is 16.5. The Hall–Kier alpha value is -1.02. The first-order valence-electron chi connectivity index (χ1n) is 9.97. The lowest BCUT2D eigenvalue weighted by Crippen LogP contribution is -2.31. The van der Waals surface area contributed by atoms with Gasteiger partial charge >= 0.3 is 0 Å². The number of hydrogen-bond donors (Lipinski definition) is 1. The highest BCUT2D eigenvalue weighted by Gasteiger charge is 2.30. The first-order valence-corrected chi connectivity index (χ1v) is 9.97. The largest absolute Gasteiger partial charge is 0.490 e. The van der Waals surface area contributed by atoms with E-state index in [1.165, 1.54) is 63.6 Å². The number of piperidine rings is 1. The van der Waals surface area contributed by atoms with Crippen LogP contribution in [-0.2, 0) is 6.42 Å². The standard InChI is InChI=1S/C22H35NO/c1-22(2,3)19-8-12-21(13-9-19)24-20-10-6-17(7-11-20)15-18-5-4-14-23-16-18/h6-7,10-11,18-19,21,23H,4-5,8-9,12-16H2,1-3H3. The van der Waals surface area contributed by atoms with Gasteiger partial charge in [-0.05, 0) is 93.0 Å². The van der Waals surface area contributed by atoms with Gasteiger partial charge in [-0.3, -0.25) is 0 Å². The van der Waals surface area contributed by atoms with Crippen molar-refractivity contribution in [1.29, 1.82) is 0 Å². The number of rotatable bonds is 4. The van der Waals surface area contributed by atoms with Crippen LogP contribution in [0.15, 0.2) is 24.3 Å². The molecule has 24 heavy (non-hydrogen) atoms. The zero-order valence-corrected chi connectivity index (χ0v) is 15.8. The van der Waals surface area contributed by atoms with Crippen LogP contribution in [0.4, 0.5) is 0 Å². The molecule has 2 fully saturated rings. The Balaban J connectivity index is 1.46. The Morgan fingerprint density at radius 1 is 1.00 bits per heavy atom. The number of hydrogen-bond acceptors (Lipinski definition) is 2. The van der Waals surface area contributed by atoms with Gasteiger partial charge in [0.15, 0.2) is 0 Å². The quantitative estimate of drug-likeness (QED) is 0.818. The summed E-state index contributed by atoms with van der Waals surface area (Å²) in [5, 5.41) is 3.51. The van der Waals surface area contributed by atoms with Crippen molar-refractivity contribution in [3.63, 3.8) is 0 Å².